The van der Waals surface area contributed by atoms with Gasteiger partial charge in [0.1, 0.15) is 17.3 Å². The van der Waals surface area contributed by atoms with Crippen LogP contribution in [-0.2, 0) is 0 Å². The number of rotatable bonds is 5. The van der Waals surface area contributed by atoms with Crippen molar-refractivity contribution in [3.63, 3.8) is 0 Å². The van der Waals surface area contributed by atoms with Gasteiger partial charge in [-0.05, 0) is 24.3 Å². The summed E-state index contributed by atoms with van der Waals surface area (Å²) < 4.78 is 10.3. The Hall–Kier alpha value is -2.80. The summed E-state index contributed by atoms with van der Waals surface area (Å²) in [4.78, 5) is 16.2. The second kappa shape index (κ2) is 6.58. The van der Waals surface area contributed by atoms with E-state index in [0.717, 1.165) is 0 Å². The molecule has 0 aliphatic heterocycles. The summed E-state index contributed by atoms with van der Waals surface area (Å²) in [6.07, 6.45) is 1.43. The molecule has 1 heterocycles. The number of anilines is 2. The Morgan fingerprint density at radius 1 is 1.19 bits per heavy atom. The van der Waals surface area contributed by atoms with E-state index in [4.69, 9.17) is 15.3 Å². The molecular formula is C14H16N4O3. The van der Waals surface area contributed by atoms with E-state index in [1.807, 2.05) is 0 Å². The normalized spacial score (nSPS) is 9.86. The Labute approximate surface area is 122 Å². The van der Waals surface area contributed by atoms with Crippen molar-refractivity contribution in [1.82, 2.24) is 4.98 Å². The van der Waals surface area contributed by atoms with E-state index >= 15 is 0 Å². The van der Waals surface area contributed by atoms with Gasteiger partial charge in [-0.25, -0.2) is 10.8 Å². The average molecular weight is 288 g/mol. The largest absolute Gasteiger partial charge is 0.497 e. The van der Waals surface area contributed by atoms with Crippen molar-refractivity contribution >= 4 is 17.4 Å². The first-order chi connectivity index (χ1) is 10.2. The minimum Gasteiger partial charge on any atom is -0.497 e. The number of nitrogen functional groups attached to an aromatic ring is 1. The second-order valence-corrected chi connectivity index (χ2v) is 4.10. The van der Waals surface area contributed by atoms with Gasteiger partial charge in [0, 0.05) is 12.3 Å². The van der Waals surface area contributed by atoms with Gasteiger partial charge >= 0.3 is 0 Å². The molecule has 0 atom stereocenters. The Bertz CT molecular complexity index is 629. The van der Waals surface area contributed by atoms with Crippen molar-refractivity contribution in [2.75, 3.05) is 25.0 Å². The number of aromatic nitrogens is 1. The molecule has 7 nitrogen and oxygen atoms in total. The molecular weight excluding hydrogens is 272 g/mol. The van der Waals surface area contributed by atoms with Crippen LogP contribution < -0.4 is 26.1 Å². The predicted molar refractivity (Wildman–Crippen MR) is 79.5 cm³/mol. The SMILES string of the molecule is COc1ccc(OC)c(NC(=O)c2ccc(NN)nc2)c1. The first-order valence-corrected chi connectivity index (χ1v) is 6.14. The maximum Gasteiger partial charge on any atom is 0.257 e. The lowest BCUT2D eigenvalue weighted by Crippen LogP contribution is -2.14. The third-order valence-corrected chi connectivity index (χ3v) is 2.83. The number of nitrogens with zero attached hydrogens (tertiary/aromatic N) is 1. The van der Waals surface area contributed by atoms with Crippen LogP contribution in [0.3, 0.4) is 0 Å². The number of pyridine rings is 1. The molecule has 1 aromatic heterocycles. The Balaban J connectivity index is 2.21. The van der Waals surface area contributed by atoms with Crippen LogP contribution in [0, 0.1) is 0 Å². The number of hydrogen-bond acceptors (Lipinski definition) is 6. The van der Waals surface area contributed by atoms with Gasteiger partial charge in [0.05, 0.1) is 25.5 Å². The molecule has 0 saturated carbocycles. The predicted octanol–water partition coefficient (Wildman–Crippen LogP) is 1.64. The molecule has 1 aromatic carbocycles. The van der Waals surface area contributed by atoms with Crippen LogP contribution >= 0.6 is 0 Å². The Morgan fingerprint density at radius 3 is 2.57 bits per heavy atom. The lowest BCUT2D eigenvalue weighted by atomic mass is 10.2. The smallest absolute Gasteiger partial charge is 0.257 e. The zero-order chi connectivity index (χ0) is 15.2. The van der Waals surface area contributed by atoms with E-state index in [1.54, 1.807) is 37.4 Å². The van der Waals surface area contributed by atoms with Crippen LogP contribution in [0.5, 0.6) is 11.5 Å². The van der Waals surface area contributed by atoms with Crippen LogP contribution in [0.1, 0.15) is 10.4 Å². The summed E-state index contributed by atoms with van der Waals surface area (Å²) in [5.74, 6) is 6.55. The Kier molecular flexibility index (Phi) is 4.57. The van der Waals surface area contributed by atoms with E-state index in [1.165, 1.54) is 13.3 Å². The molecule has 0 saturated heterocycles. The fourth-order valence-electron chi connectivity index (χ4n) is 1.72. The number of hydrogen-bond donors (Lipinski definition) is 3. The van der Waals surface area contributed by atoms with Crippen LogP contribution in [-0.4, -0.2) is 25.1 Å². The molecule has 2 aromatic rings. The summed E-state index contributed by atoms with van der Waals surface area (Å²) in [7, 11) is 3.08. The van der Waals surface area contributed by atoms with Gasteiger partial charge in [0.25, 0.3) is 5.91 Å². The summed E-state index contributed by atoms with van der Waals surface area (Å²) >= 11 is 0. The molecule has 7 heteroatoms. The molecule has 110 valence electrons. The van der Waals surface area contributed by atoms with Crippen molar-refractivity contribution in [3.8, 4) is 11.5 Å². The molecule has 0 bridgehead atoms. The number of benzene rings is 1. The lowest BCUT2D eigenvalue weighted by molar-refractivity contribution is 0.102. The third kappa shape index (κ3) is 3.40. The van der Waals surface area contributed by atoms with E-state index in [9.17, 15) is 4.79 Å². The first-order valence-electron chi connectivity index (χ1n) is 6.14. The second-order valence-electron chi connectivity index (χ2n) is 4.10. The summed E-state index contributed by atoms with van der Waals surface area (Å²) in [5.41, 5.74) is 3.32. The van der Waals surface area contributed by atoms with Crippen LogP contribution in [0.2, 0.25) is 0 Å². The number of ether oxygens (including phenoxy) is 2. The molecule has 2 rings (SSSR count). The van der Waals surface area contributed by atoms with Crippen LogP contribution in [0.4, 0.5) is 11.5 Å². The summed E-state index contributed by atoms with van der Waals surface area (Å²) in [5, 5.41) is 2.75. The lowest BCUT2D eigenvalue weighted by Gasteiger charge is -2.11. The molecule has 0 radical (unpaired) electrons. The quantitative estimate of drug-likeness (QED) is 0.571. The monoisotopic (exact) mass is 288 g/mol. The van der Waals surface area contributed by atoms with Gasteiger partial charge in [-0.2, -0.15) is 0 Å². The highest BCUT2D eigenvalue weighted by molar-refractivity contribution is 6.05. The number of hydrazine groups is 1. The molecule has 0 spiro atoms. The van der Waals surface area contributed by atoms with E-state index in [2.05, 4.69) is 15.7 Å². The van der Waals surface area contributed by atoms with Gasteiger partial charge in [-0.3, -0.25) is 4.79 Å². The van der Waals surface area contributed by atoms with Gasteiger partial charge in [-0.15, -0.1) is 0 Å². The van der Waals surface area contributed by atoms with Crippen LogP contribution in [0.15, 0.2) is 36.5 Å². The highest BCUT2D eigenvalue weighted by atomic mass is 16.5. The number of methoxy groups -OCH3 is 2. The maximum atomic E-state index is 12.2. The van der Waals surface area contributed by atoms with Crippen molar-refractivity contribution in [1.29, 1.82) is 0 Å². The fourth-order valence-corrected chi connectivity index (χ4v) is 1.72. The van der Waals surface area contributed by atoms with E-state index in [0.29, 0.717) is 28.6 Å². The minimum absolute atomic E-state index is 0.308. The van der Waals surface area contributed by atoms with Crippen LogP contribution in [0.25, 0.3) is 0 Å². The zero-order valence-electron chi connectivity index (χ0n) is 11.7. The zero-order valence-corrected chi connectivity index (χ0v) is 11.7. The molecule has 4 N–H and O–H groups in total. The summed E-state index contributed by atoms with van der Waals surface area (Å²) in [6.45, 7) is 0. The van der Waals surface area contributed by atoms with Crippen molar-refractivity contribution in [2.24, 2.45) is 5.84 Å². The maximum absolute atomic E-state index is 12.2. The van der Waals surface area contributed by atoms with Gasteiger partial charge in [0.15, 0.2) is 0 Å². The molecule has 0 aliphatic carbocycles. The highest BCUT2D eigenvalue weighted by Gasteiger charge is 2.11. The van der Waals surface area contributed by atoms with E-state index < -0.39 is 0 Å². The average Bonchev–Trinajstić information content (AvgIpc) is 2.54. The number of carbonyl (C=O) groups excluding carboxylic acids is 1. The van der Waals surface area contributed by atoms with Gasteiger partial charge in [-0.1, -0.05) is 0 Å². The Morgan fingerprint density at radius 2 is 2.00 bits per heavy atom. The minimum atomic E-state index is -0.308. The van der Waals surface area contributed by atoms with Gasteiger partial charge in [0.2, 0.25) is 0 Å². The topological polar surface area (TPSA) is 98.5 Å². The number of carbonyl (C=O) groups is 1. The van der Waals surface area contributed by atoms with Gasteiger partial charge < -0.3 is 20.2 Å². The molecule has 1 amide bonds. The number of amides is 1. The number of nitrogens with two attached hydrogens (primary N) is 1. The number of nitrogens with one attached hydrogen (secondary N) is 2. The standard InChI is InChI=1S/C14H16N4O3/c1-20-10-4-5-12(21-2)11(7-10)17-14(19)9-3-6-13(18-15)16-8-9/h3-8H,15H2,1-2H3,(H,16,18)(H,17,19). The van der Waals surface area contributed by atoms with Crippen molar-refractivity contribution in [3.05, 3.63) is 42.1 Å². The van der Waals surface area contributed by atoms with Crippen molar-refractivity contribution < 1.29 is 14.3 Å². The summed E-state index contributed by atoms with van der Waals surface area (Å²) in [6, 6.07) is 8.37. The fraction of sp³-hybridized carbons (Fsp3) is 0.143. The van der Waals surface area contributed by atoms with E-state index in [-0.39, 0.29) is 5.91 Å². The molecule has 0 fully saturated rings. The molecule has 21 heavy (non-hydrogen) atoms. The van der Waals surface area contributed by atoms with Crippen molar-refractivity contribution in [2.45, 2.75) is 0 Å². The third-order valence-electron chi connectivity index (χ3n) is 2.83. The molecule has 0 unspecified atom stereocenters. The molecule has 0 aliphatic rings. The highest BCUT2D eigenvalue weighted by Crippen LogP contribution is 2.29. The first kappa shape index (κ1) is 14.6.